The molecule has 0 aromatic heterocycles. The summed E-state index contributed by atoms with van der Waals surface area (Å²) in [5, 5.41) is 9.21. The van der Waals surface area contributed by atoms with Gasteiger partial charge in [0.2, 0.25) is 0 Å². The molecule has 0 aliphatic carbocycles. The van der Waals surface area contributed by atoms with E-state index in [0.29, 0.717) is 6.54 Å². The largest absolute Gasteiger partial charge is 0.444 e. The molecule has 0 atom stereocenters. The highest BCUT2D eigenvalue weighted by Crippen LogP contribution is 2.06. The minimum absolute atomic E-state index is 0.379. The molecule has 0 saturated heterocycles. The molecule has 3 N–H and O–H groups in total. The molecule has 0 bridgehead atoms. The summed E-state index contributed by atoms with van der Waals surface area (Å²) in [6, 6.07) is 0. The van der Waals surface area contributed by atoms with Crippen molar-refractivity contribution < 1.29 is 14.3 Å². The van der Waals surface area contributed by atoms with Crippen LogP contribution < -0.4 is 16.0 Å². The lowest BCUT2D eigenvalue weighted by atomic mass is 10.2. The SMILES string of the molecule is CN=C(NCCCCCOC)NCCCNC(=O)OC(C)(C)C. The maximum atomic E-state index is 11.5. The molecule has 0 spiro atoms. The first-order valence-corrected chi connectivity index (χ1v) is 8.29. The normalized spacial score (nSPS) is 12.0. The summed E-state index contributed by atoms with van der Waals surface area (Å²) in [6.07, 6.45) is 3.73. The van der Waals surface area contributed by atoms with Crippen LogP contribution in [0.15, 0.2) is 4.99 Å². The molecule has 7 heteroatoms. The number of hydrogen-bond acceptors (Lipinski definition) is 4. The molecule has 0 heterocycles. The second-order valence-electron chi connectivity index (χ2n) is 6.26. The number of methoxy groups -OCH3 is 1. The second kappa shape index (κ2) is 13.0. The van der Waals surface area contributed by atoms with E-state index in [-0.39, 0.29) is 6.09 Å². The number of alkyl carbamates (subject to hydrolysis) is 1. The van der Waals surface area contributed by atoms with Crippen molar-refractivity contribution in [2.75, 3.05) is 40.4 Å². The number of carbonyl (C=O) groups excluding carboxylic acids is 1. The van der Waals surface area contributed by atoms with E-state index in [4.69, 9.17) is 9.47 Å². The van der Waals surface area contributed by atoms with Crippen LogP contribution in [-0.4, -0.2) is 58.1 Å². The van der Waals surface area contributed by atoms with Gasteiger partial charge in [0, 0.05) is 40.4 Å². The van der Waals surface area contributed by atoms with Crippen molar-refractivity contribution in [1.29, 1.82) is 0 Å². The Hall–Kier alpha value is -1.50. The summed E-state index contributed by atoms with van der Waals surface area (Å²) in [6.45, 7) is 8.55. The zero-order valence-corrected chi connectivity index (χ0v) is 15.3. The number of ether oxygens (including phenoxy) is 2. The number of unbranched alkanes of at least 4 members (excludes halogenated alkanes) is 2. The predicted octanol–water partition coefficient (Wildman–Crippen LogP) is 1.88. The van der Waals surface area contributed by atoms with Gasteiger partial charge in [-0.15, -0.1) is 0 Å². The van der Waals surface area contributed by atoms with Crippen molar-refractivity contribution in [3.05, 3.63) is 0 Å². The zero-order chi connectivity index (χ0) is 17.6. The summed E-state index contributed by atoms with van der Waals surface area (Å²) in [5.74, 6) is 0.786. The van der Waals surface area contributed by atoms with Gasteiger partial charge in [0.25, 0.3) is 0 Å². The third-order valence-corrected chi connectivity index (χ3v) is 2.86. The molecule has 7 nitrogen and oxygen atoms in total. The van der Waals surface area contributed by atoms with Crippen molar-refractivity contribution >= 4 is 12.1 Å². The Morgan fingerprint density at radius 1 is 0.957 bits per heavy atom. The van der Waals surface area contributed by atoms with Gasteiger partial charge in [0.1, 0.15) is 5.60 Å². The minimum atomic E-state index is -0.461. The van der Waals surface area contributed by atoms with Gasteiger partial charge in [-0.1, -0.05) is 0 Å². The maximum absolute atomic E-state index is 11.5. The fourth-order valence-electron chi connectivity index (χ4n) is 1.78. The average Bonchev–Trinajstić information content (AvgIpc) is 2.46. The Kier molecular flexibility index (Phi) is 12.1. The Morgan fingerprint density at radius 2 is 1.57 bits per heavy atom. The van der Waals surface area contributed by atoms with Crippen LogP contribution in [0.2, 0.25) is 0 Å². The van der Waals surface area contributed by atoms with Crippen LogP contribution in [0.5, 0.6) is 0 Å². The average molecular weight is 330 g/mol. The van der Waals surface area contributed by atoms with E-state index in [1.807, 2.05) is 20.8 Å². The molecule has 0 fully saturated rings. The highest BCUT2D eigenvalue weighted by Gasteiger charge is 2.15. The lowest BCUT2D eigenvalue weighted by Crippen LogP contribution is -2.39. The van der Waals surface area contributed by atoms with E-state index in [0.717, 1.165) is 51.3 Å². The summed E-state index contributed by atoms with van der Waals surface area (Å²) >= 11 is 0. The fraction of sp³-hybridized carbons (Fsp3) is 0.875. The molecular formula is C16H34N4O3. The van der Waals surface area contributed by atoms with Crippen LogP contribution >= 0.6 is 0 Å². The van der Waals surface area contributed by atoms with Gasteiger partial charge in [-0.05, 0) is 46.5 Å². The quantitative estimate of drug-likeness (QED) is 0.324. The van der Waals surface area contributed by atoms with E-state index in [9.17, 15) is 4.79 Å². The molecule has 136 valence electrons. The number of rotatable bonds is 10. The molecule has 0 aromatic rings. The number of aliphatic imine (C=N–C) groups is 1. The van der Waals surface area contributed by atoms with Crippen LogP contribution in [0.3, 0.4) is 0 Å². The van der Waals surface area contributed by atoms with Gasteiger partial charge in [-0.3, -0.25) is 4.99 Å². The molecule has 0 rings (SSSR count). The smallest absolute Gasteiger partial charge is 0.407 e. The van der Waals surface area contributed by atoms with Gasteiger partial charge in [-0.25, -0.2) is 4.79 Å². The minimum Gasteiger partial charge on any atom is -0.444 e. The van der Waals surface area contributed by atoms with E-state index >= 15 is 0 Å². The highest BCUT2D eigenvalue weighted by atomic mass is 16.6. The fourth-order valence-corrected chi connectivity index (χ4v) is 1.78. The van der Waals surface area contributed by atoms with Crippen molar-refractivity contribution in [1.82, 2.24) is 16.0 Å². The standard InChI is InChI=1S/C16H34N4O3/c1-16(2,3)23-15(21)20-12-9-11-19-14(17-4)18-10-7-6-8-13-22-5/h6-13H2,1-5H3,(H,20,21)(H2,17,18,19). The third-order valence-electron chi connectivity index (χ3n) is 2.86. The number of guanidine groups is 1. The second-order valence-corrected chi connectivity index (χ2v) is 6.26. The van der Waals surface area contributed by atoms with E-state index in [2.05, 4.69) is 20.9 Å². The molecule has 1 amide bonds. The van der Waals surface area contributed by atoms with Crippen molar-refractivity contribution in [3.63, 3.8) is 0 Å². The predicted molar refractivity (Wildman–Crippen MR) is 93.9 cm³/mol. The zero-order valence-electron chi connectivity index (χ0n) is 15.3. The Labute approximate surface area is 140 Å². The molecule has 23 heavy (non-hydrogen) atoms. The summed E-state index contributed by atoms with van der Waals surface area (Å²) in [5.41, 5.74) is -0.461. The summed E-state index contributed by atoms with van der Waals surface area (Å²) in [4.78, 5) is 15.6. The number of nitrogens with one attached hydrogen (secondary N) is 3. The topological polar surface area (TPSA) is 84.0 Å². The Bertz CT molecular complexity index is 341. The van der Waals surface area contributed by atoms with Gasteiger partial charge in [0.15, 0.2) is 5.96 Å². The molecule has 0 aromatic carbocycles. The molecule has 0 unspecified atom stereocenters. The molecule has 0 radical (unpaired) electrons. The highest BCUT2D eigenvalue weighted by molar-refractivity contribution is 5.79. The van der Waals surface area contributed by atoms with E-state index in [1.165, 1.54) is 0 Å². The maximum Gasteiger partial charge on any atom is 0.407 e. The van der Waals surface area contributed by atoms with Gasteiger partial charge >= 0.3 is 6.09 Å². The van der Waals surface area contributed by atoms with Crippen LogP contribution in [0.4, 0.5) is 4.79 Å². The molecule has 0 aliphatic heterocycles. The van der Waals surface area contributed by atoms with Crippen molar-refractivity contribution in [2.45, 2.75) is 52.1 Å². The van der Waals surface area contributed by atoms with Gasteiger partial charge in [-0.2, -0.15) is 0 Å². The number of amides is 1. The summed E-state index contributed by atoms with van der Waals surface area (Å²) < 4.78 is 10.2. The van der Waals surface area contributed by atoms with E-state index < -0.39 is 5.60 Å². The lowest BCUT2D eigenvalue weighted by molar-refractivity contribution is 0.0527. The lowest BCUT2D eigenvalue weighted by Gasteiger charge is -2.19. The Balaban J connectivity index is 3.59. The first-order chi connectivity index (χ1) is 10.9. The first kappa shape index (κ1) is 21.5. The van der Waals surface area contributed by atoms with Crippen LogP contribution in [0.1, 0.15) is 46.5 Å². The van der Waals surface area contributed by atoms with Crippen LogP contribution in [-0.2, 0) is 9.47 Å². The third kappa shape index (κ3) is 15.2. The number of carbonyl (C=O) groups is 1. The van der Waals surface area contributed by atoms with Crippen molar-refractivity contribution in [2.24, 2.45) is 4.99 Å². The molecule has 0 saturated carbocycles. The van der Waals surface area contributed by atoms with Gasteiger partial charge < -0.3 is 25.4 Å². The number of hydrogen-bond donors (Lipinski definition) is 3. The summed E-state index contributed by atoms with van der Waals surface area (Å²) in [7, 11) is 3.47. The van der Waals surface area contributed by atoms with Crippen LogP contribution in [0, 0.1) is 0 Å². The molecule has 0 aliphatic rings. The van der Waals surface area contributed by atoms with Crippen LogP contribution in [0.25, 0.3) is 0 Å². The van der Waals surface area contributed by atoms with Gasteiger partial charge in [0.05, 0.1) is 0 Å². The van der Waals surface area contributed by atoms with Crippen molar-refractivity contribution in [3.8, 4) is 0 Å². The first-order valence-electron chi connectivity index (χ1n) is 8.29. The monoisotopic (exact) mass is 330 g/mol. The Morgan fingerprint density at radius 3 is 2.13 bits per heavy atom. The van der Waals surface area contributed by atoms with E-state index in [1.54, 1.807) is 14.2 Å². The number of nitrogens with zero attached hydrogens (tertiary/aromatic N) is 1. The molecular weight excluding hydrogens is 296 g/mol.